The largest absolute Gasteiger partial charge is 0.309 e. The predicted molar refractivity (Wildman–Crippen MR) is 131 cm³/mol. The third-order valence-corrected chi connectivity index (χ3v) is 6.62. The maximum atomic E-state index is 3.66. The molecule has 0 spiro atoms. The Morgan fingerprint density at radius 3 is 1.66 bits per heavy atom. The molecule has 0 fully saturated rings. The van der Waals surface area contributed by atoms with Gasteiger partial charge in [-0.3, -0.25) is 0 Å². The summed E-state index contributed by atoms with van der Waals surface area (Å²) in [5, 5.41) is 7.57. The van der Waals surface area contributed by atoms with Crippen LogP contribution in [0.25, 0.3) is 49.0 Å². The van der Waals surface area contributed by atoms with Crippen LogP contribution >= 0.6 is 31.9 Å². The highest BCUT2D eigenvalue weighted by atomic mass is 79.9. The summed E-state index contributed by atoms with van der Waals surface area (Å²) in [5.74, 6) is 0. The van der Waals surface area contributed by atoms with E-state index in [9.17, 15) is 0 Å². The highest BCUT2D eigenvalue weighted by Gasteiger charge is 2.13. The minimum atomic E-state index is 1.08. The minimum Gasteiger partial charge on any atom is -0.309 e. The molecule has 5 aromatic carbocycles. The van der Waals surface area contributed by atoms with Crippen molar-refractivity contribution in [2.24, 2.45) is 0 Å². The first-order valence-corrected chi connectivity index (χ1v) is 11.1. The third kappa shape index (κ3) is 2.72. The van der Waals surface area contributed by atoms with E-state index in [0.717, 1.165) is 8.95 Å². The molecule has 0 N–H and O–H groups in total. The lowest BCUT2D eigenvalue weighted by Crippen LogP contribution is -1.94. The topological polar surface area (TPSA) is 4.93 Å². The smallest absolute Gasteiger partial charge is 0.0552 e. The summed E-state index contributed by atoms with van der Waals surface area (Å²) in [6, 6.07) is 32.9. The first-order valence-electron chi connectivity index (χ1n) is 9.49. The van der Waals surface area contributed by atoms with Crippen molar-refractivity contribution in [3.8, 4) is 5.69 Å². The van der Waals surface area contributed by atoms with Gasteiger partial charge in [0.2, 0.25) is 0 Å². The van der Waals surface area contributed by atoms with E-state index in [4.69, 9.17) is 0 Å². The SMILES string of the molecule is Brc1ccc2c3ccc(Br)cc3n(-c3ccc4cc5ccccc5cc4c3)c2c1. The highest BCUT2D eigenvalue weighted by molar-refractivity contribution is 9.10. The van der Waals surface area contributed by atoms with Crippen LogP contribution in [0.3, 0.4) is 0 Å². The van der Waals surface area contributed by atoms with Gasteiger partial charge in [-0.2, -0.15) is 0 Å². The zero-order valence-corrected chi connectivity index (χ0v) is 18.5. The monoisotopic (exact) mass is 499 g/mol. The number of fused-ring (bicyclic) bond motifs is 5. The zero-order valence-electron chi connectivity index (χ0n) is 15.4. The fourth-order valence-electron chi connectivity index (χ4n) is 4.31. The summed E-state index contributed by atoms with van der Waals surface area (Å²) in [7, 11) is 0. The van der Waals surface area contributed by atoms with E-state index >= 15 is 0 Å². The average Bonchev–Trinajstić information content (AvgIpc) is 3.04. The van der Waals surface area contributed by atoms with E-state index in [2.05, 4.69) is 127 Å². The minimum absolute atomic E-state index is 1.08. The van der Waals surface area contributed by atoms with E-state index in [1.54, 1.807) is 0 Å². The van der Waals surface area contributed by atoms with Crippen LogP contribution in [-0.2, 0) is 0 Å². The number of hydrogen-bond donors (Lipinski definition) is 0. The fraction of sp³-hybridized carbons (Fsp3) is 0. The molecule has 0 aliphatic carbocycles. The lowest BCUT2D eigenvalue weighted by atomic mass is 10.0. The Kier molecular flexibility index (Phi) is 3.84. The van der Waals surface area contributed by atoms with Gasteiger partial charge in [0.05, 0.1) is 11.0 Å². The lowest BCUT2D eigenvalue weighted by Gasteiger charge is -2.10. The van der Waals surface area contributed by atoms with E-state index in [1.807, 2.05) is 0 Å². The van der Waals surface area contributed by atoms with Crippen LogP contribution in [0, 0.1) is 0 Å². The number of halogens is 2. The van der Waals surface area contributed by atoms with Crippen LogP contribution in [0.5, 0.6) is 0 Å². The van der Waals surface area contributed by atoms with Gasteiger partial charge in [-0.15, -0.1) is 0 Å². The second kappa shape index (κ2) is 6.45. The molecule has 0 saturated heterocycles. The molecule has 1 nitrogen and oxygen atoms in total. The van der Waals surface area contributed by atoms with Crippen LogP contribution < -0.4 is 0 Å². The molecule has 1 heterocycles. The maximum absolute atomic E-state index is 3.66. The number of benzene rings is 5. The van der Waals surface area contributed by atoms with Crippen molar-refractivity contribution >= 4 is 75.2 Å². The summed E-state index contributed by atoms with van der Waals surface area (Å²) in [4.78, 5) is 0. The quantitative estimate of drug-likeness (QED) is 0.199. The predicted octanol–water partition coefficient (Wildman–Crippen LogP) is 8.62. The molecule has 29 heavy (non-hydrogen) atoms. The van der Waals surface area contributed by atoms with Gasteiger partial charge in [0.25, 0.3) is 0 Å². The van der Waals surface area contributed by atoms with E-state index in [0.29, 0.717) is 0 Å². The number of nitrogens with zero attached hydrogens (tertiary/aromatic N) is 1. The Balaban J connectivity index is 1.71. The average molecular weight is 501 g/mol. The Labute approximate surface area is 184 Å². The molecule has 0 unspecified atom stereocenters. The second-order valence-corrected chi connectivity index (χ2v) is 9.22. The molecule has 138 valence electrons. The first-order chi connectivity index (χ1) is 14.2. The van der Waals surface area contributed by atoms with Crippen molar-refractivity contribution in [3.63, 3.8) is 0 Å². The van der Waals surface area contributed by atoms with Crippen molar-refractivity contribution < 1.29 is 0 Å². The van der Waals surface area contributed by atoms with Gasteiger partial charge < -0.3 is 4.57 Å². The van der Waals surface area contributed by atoms with Gasteiger partial charge in [-0.05, 0) is 70.1 Å². The fourth-order valence-corrected chi connectivity index (χ4v) is 5.01. The maximum Gasteiger partial charge on any atom is 0.0552 e. The van der Waals surface area contributed by atoms with Gasteiger partial charge in [0, 0.05) is 25.4 Å². The number of aromatic nitrogens is 1. The van der Waals surface area contributed by atoms with Crippen LogP contribution in [0.4, 0.5) is 0 Å². The molecule has 0 aliphatic heterocycles. The molecule has 3 heteroatoms. The normalized spacial score (nSPS) is 11.8. The van der Waals surface area contributed by atoms with Crippen molar-refractivity contribution in [2.45, 2.75) is 0 Å². The van der Waals surface area contributed by atoms with Gasteiger partial charge in [0.1, 0.15) is 0 Å². The summed E-state index contributed by atoms with van der Waals surface area (Å²) in [6.07, 6.45) is 0. The number of hydrogen-bond acceptors (Lipinski definition) is 0. The second-order valence-electron chi connectivity index (χ2n) is 7.39. The van der Waals surface area contributed by atoms with Gasteiger partial charge in [0.15, 0.2) is 0 Å². The highest BCUT2D eigenvalue weighted by Crippen LogP contribution is 2.36. The molecule has 0 saturated carbocycles. The Morgan fingerprint density at radius 1 is 0.483 bits per heavy atom. The van der Waals surface area contributed by atoms with Gasteiger partial charge in [-0.25, -0.2) is 0 Å². The Morgan fingerprint density at radius 2 is 1.03 bits per heavy atom. The van der Waals surface area contributed by atoms with E-state index in [-0.39, 0.29) is 0 Å². The molecule has 6 rings (SSSR count). The summed E-state index contributed by atoms with van der Waals surface area (Å²) < 4.78 is 4.52. The molecule has 0 amide bonds. The molecular formula is C26H15Br2N. The number of rotatable bonds is 1. The van der Waals surface area contributed by atoms with Crippen LogP contribution in [0.2, 0.25) is 0 Å². The van der Waals surface area contributed by atoms with Crippen LogP contribution in [-0.4, -0.2) is 4.57 Å². The van der Waals surface area contributed by atoms with Gasteiger partial charge >= 0.3 is 0 Å². The molecule has 0 radical (unpaired) electrons. The van der Waals surface area contributed by atoms with Crippen molar-refractivity contribution in [3.05, 3.63) is 99.9 Å². The molecule has 0 aliphatic rings. The molecule has 6 aromatic rings. The lowest BCUT2D eigenvalue weighted by molar-refractivity contribution is 1.18. The molecule has 0 bridgehead atoms. The van der Waals surface area contributed by atoms with E-state index in [1.165, 1.54) is 49.0 Å². The van der Waals surface area contributed by atoms with Crippen molar-refractivity contribution in [1.82, 2.24) is 4.57 Å². The summed E-state index contributed by atoms with van der Waals surface area (Å²) in [6.45, 7) is 0. The third-order valence-electron chi connectivity index (χ3n) is 5.64. The molecule has 0 atom stereocenters. The summed E-state index contributed by atoms with van der Waals surface area (Å²) >= 11 is 7.31. The molecular weight excluding hydrogens is 486 g/mol. The van der Waals surface area contributed by atoms with Crippen molar-refractivity contribution in [1.29, 1.82) is 0 Å². The Hall–Kier alpha value is -2.62. The van der Waals surface area contributed by atoms with Crippen molar-refractivity contribution in [2.75, 3.05) is 0 Å². The zero-order chi connectivity index (χ0) is 19.5. The van der Waals surface area contributed by atoms with Crippen LogP contribution in [0.15, 0.2) is 99.9 Å². The molecule has 1 aromatic heterocycles. The van der Waals surface area contributed by atoms with E-state index < -0.39 is 0 Å². The van der Waals surface area contributed by atoms with Gasteiger partial charge in [-0.1, -0.05) is 74.3 Å². The first kappa shape index (κ1) is 17.3. The standard InChI is InChI=1S/C26H15Br2N/c27-20-6-9-23-24-10-7-21(28)15-26(24)29(25(23)14-20)22-8-5-18-11-16-3-1-2-4-17(16)12-19(18)13-22/h1-15H. The Bertz CT molecular complexity index is 1520. The van der Waals surface area contributed by atoms with Crippen LogP contribution in [0.1, 0.15) is 0 Å². The summed E-state index contributed by atoms with van der Waals surface area (Å²) in [5.41, 5.74) is 3.57.